The Morgan fingerprint density at radius 1 is 1.10 bits per heavy atom. The smallest absolute Gasteiger partial charge is 0.452 e. The number of aliphatic carboxylic acids is 1. The molecule has 2 aliphatic heterocycles. The van der Waals surface area contributed by atoms with Crippen molar-refractivity contribution < 1.29 is 46.1 Å². The molecule has 0 saturated carbocycles. The number of carbonyl (C=O) groups is 1. The van der Waals surface area contributed by atoms with Gasteiger partial charge in [-0.1, -0.05) is 18.2 Å². The van der Waals surface area contributed by atoms with Gasteiger partial charge in [-0.15, -0.1) is 10.2 Å². The van der Waals surface area contributed by atoms with Crippen LogP contribution in [0.5, 0.6) is 5.88 Å². The highest BCUT2D eigenvalue weighted by molar-refractivity contribution is 7.89. The van der Waals surface area contributed by atoms with E-state index in [1.54, 1.807) is 31.2 Å². The normalized spacial score (nSPS) is 18.1. The number of aliphatic hydroxyl groups is 1. The van der Waals surface area contributed by atoms with Crippen LogP contribution in [0.3, 0.4) is 0 Å². The van der Waals surface area contributed by atoms with Gasteiger partial charge in [0.25, 0.3) is 0 Å². The number of carboxylic acid groups (broad SMARTS) is 1. The minimum atomic E-state index is -4.75. The van der Waals surface area contributed by atoms with E-state index < -0.39 is 44.9 Å². The van der Waals surface area contributed by atoms with Crippen LogP contribution in [0.2, 0.25) is 0 Å². The number of anilines is 1. The summed E-state index contributed by atoms with van der Waals surface area (Å²) in [5, 5.41) is 29.8. The van der Waals surface area contributed by atoms with E-state index in [1.165, 1.54) is 36.5 Å². The second-order valence-corrected chi connectivity index (χ2v) is 15.8. The number of fused-ring (bicyclic) bond motifs is 2. The molecule has 13 nitrogen and oxygen atoms in total. The Bertz CT molecular complexity index is 2100. The number of aromatic nitrogens is 4. The van der Waals surface area contributed by atoms with Gasteiger partial charge in [0.05, 0.1) is 25.2 Å². The van der Waals surface area contributed by atoms with Gasteiger partial charge >= 0.3 is 12.1 Å². The SMILES string of the molecule is Cc1ccc([C@@H](c2ccn3c(C(F)(F)F)nnc3c2C)C(C)(C)C(=O)O)cc1CN1CC2(CCOCC2)Oc2nc(NCCCO)ccc2S1(=O)=O. The van der Waals surface area contributed by atoms with Crippen LogP contribution >= 0.6 is 0 Å². The summed E-state index contributed by atoms with van der Waals surface area (Å²) in [4.78, 5) is 17.2. The fraction of sp³-hybridized carbons (Fsp3) is 0.486. The highest BCUT2D eigenvalue weighted by atomic mass is 32.2. The molecule has 3 aromatic heterocycles. The van der Waals surface area contributed by atoms with E-state index in [0.29, 0.717) is 67.1 Å². The number of aryl methyl sites for hydroxylation is 2. The largest absolute Gasteiger partial charge is 0.481 e. The number of ether oxygens (including phenoxy) is 2. The van der Waals surface area contributed by atoms with E-state index in [9.17, 15) is 36.6 Å². The average Bonchev–Trinajstić information content (AvgIpc) is 3.50. The van der Waals surface area contributed by atoms with E-state index in [2.05, 4.69) is 20.5 Å². The van der Waals surface area contributed by atoms with Gasteiger partial charge in [0, 0.05) is 44.7 Å². The Morgan fingerprint density at radius 3 is 2.50 bits per heavy atom. The van der Waals surface area contributed by atoms with Crippen LogP contribution < -0.4 is 10.1 Å². The molecule has 3 N–H and O–H groups in total. The fourth-order valence-corrected chi connectivity index (χ4v) is 8.50. The summed E-state index contributed by atoms with van der Waals surface area (Å²) >= 11 is 0. The zero-order chi connectivity index (χ0) is 37.6. The predicted molar refractivity (Wildman–Crippen MR) is 183 cm³/mol. The van der Waals surface area contributed by atoms with Crippen molar-refractivity contribution in [2.24, 2.45) is 5.41 Å². The zero-order valence-corrected chi connectivity index (χ0v) is 30.0. The lowest BCUT2D eigenvalue weighted by Crippen LogP contribution is -2.50. The third-order valence-corrected chi connectivity index (χ3v) is 11.8. The summed E-state index contributed by atoms with van der Waals surface area (Å²) < 4.78 is 84.1. The molecule has 5 heterocycles. The van der Waals surface area contributed by atoms with Crippen LogP contribution in [0.15, 0.2) is 47.5 Å². The van der Waals surface area contributed by atoms with Gasteiger partial charge in [-0.3, -0.25) is 9.20 Å². The van der Waals surface area contributed by atoms with Crippen molar-refractivity contribution in [1.82, 2.24) is 23.9 Å². The topological polar surface area (TPSA) is 168 Å². The number of benzene rings is 1. The minimum Gasteiger partial charge on any atom is -0.481 e. The Hall–Kier alpha value is -4.32. The molecule has 1 saturated heterocycles. The van der Waals surface area contributed by atoms with Gasteiger partial charge in [0.1, 0.15) is 16.3 Å². The highest BCUT2D eigenvalue weighted by Gasteiger charge is 2.46. The molecule has 1 atom stereocenters. The number of carboxylic acids is 1. The van der Waals surface area contributed by atoms with Crippen LogP contribution in [0.25, 0.3) is 5.65 Å². The Balaban J connectivity index is 1.43. The Kier molecular flexibility index (Phi) is 10.0. The number of halogens is 3. The number of aliphatic hydroxyl groups excluding tert-OH is 1. The van der Waals surface area contributed by atoms with Gasteiger partial charge < -0.3 is 25.0 Å². The first-order chi connectivity index (χ1) is 24.5. The maximum atomic E-state index is 14.4. The summed E-state index contributed by atoms with van der Waals surface area (Å²) in [5.41, 5.74) is 0.191. The Labute approximate surface area is 298 Å². The zero-order valence-electron chi connectivity index (χ0n) is 29.2. The van der Waals surface area contributed by atoms with Crippen molar-refractivity contribution in [3.63, 3.8) is 0 Å². The molecule has 1 aromatic carbocycles. The molecule has 1 fully saturated rings. The average molecular weight is 747 g/mol. The molecule has 0 amide bonds. The van der Waals surface area contributed by atoms with Crippen LogP contribution in [-0.2, 0) is 32.3 Å². The molecule has 52 heavy (non-hydrogen) atoms. The lowest BCUT2D eigenvalue weighted by Gasteiger charge is -2.38. The third-order valence-electron chi connectivity index (χ3n) is 10.0. The van der Waals surface area contributed by atoms with Gasteiger partial charge in [-0.25, -0.2) is 8.42 Å². The summed E-state index contributed by atoms with van der Waals surface area (Å²) in [7, 11) is -4.19. The first-order valence-corrected chi connectivity index (χ1v) is 18.3. The molecule has 17 heteroatoms. The first kappa shape index (κ1) is 37.4. The second kappa shape index (κ2) is 13.9. The van der Waals surface area contributed by atoms with E-state index in [1.807, 2.05) is 6.92 Å². The maximum absolute atomic E-state index is 14.4. The van der Waals surface area contributed by atoms with Gasteiger partial charge in [0.2, 0.25) is 21.7 Å². The van der Waals surface area contributed by atoms with Gasteiger partial charge in [-0.2, -0.15) is 22.5 Å². The maximum Gasteiger partial charge on any atom is 0.452 e. The van der Waals surface area contributed by atoms with E-state index >= 15 is 0 Å². The van der Waals surface area contributed by atoms with Crippen LogP contribution in [0.4, 0.5) is 19.0 Å². The molecule has 0 aliphatic carbocycles. The quantitative estimate of drug-likeness (QED) is 0.188. The third kappa shape index (κ3) is 6.93. The Morgan fingerprint density at radius 2 is 1.83 bits per heavy atom. The number of pyridine rings is 2. The minimum absolute atomic E-state index is 0.000237. The molecular formula is C35H41F3N6O7S. The highest BCUT2D eigenvalue weighted by Crippen LogP contribution is 2.45. The standard InChI is InChI=1S/C35H41F3N6O7S/c1-21-6-7-23(28(33(3,4)32(46)47)25-10-14-44-29(22(25)2)41-42-31(44)35(36,37)38)18-24(21)19-43-20-34(11-16-50-17-12-34)51-30-26(52(43,48)49)8-9-27(40-30)39-13-5-15-45/h6-10,14,18,28,45H,5,11-13,15-17,19-20H2,1-4H3,(H,39,40)(H,46,47)/t28-/m0/s1. The van der Waals surface area contributed by atoms with Crippen LogP contribution in [0.1, 0.15) is 72.7 Å². The molecule has 0 unspecified atom stereocenters. The van der Waals surface area contributed by atoms with E-state index in [4.69, 9.17) is 9.47 Å². The summed E-state index contributed by atoms with van der Waals surface area (Å²) in [6, 6.07) is 9.77. The fourth-order valence-electron chi connectivity index (χ4n) is 6.96. The van der Waals surface area contributed by atoms with Crippen molar-refractivity contribution >= 4 is 27.5 Å². The monoisotopic (exact) mass is 746 g/mol. The van der Waals surface area contributed by atoms with Crippen LogP contribution in [-0.4, -0.2) is 87.0 Å². The van der Waals surface area contributed by atoms with Crippen molar-refractivity contribution in [3.8, 4) is 5.88 Å². The second-order valence-electron chi connectivity index (χ2n) is 13.9. The molecule has 6 rings (SSSR count). The number of hydrogen-bond acceptors (Lipinski definition) is 10. The number of nitrogens with zero attached hydrogens (tertiary/aromatic N) is 5. The summed E-state index contributed by atoms with van der Waals surface area (Å²) in [6.45, 7) is 7.53. The summed E-state index contributed by atoms with van der Waals surface area (Å²) in [6.07, 6.45) is -2.26. The number of hydrogen-bond donors (Lipinski definition) is 3. The molecule has 280 valence electrons. The van der Waals surface area contributed by atoms with Crippen molar-refractivity contribution in [3.05, 3.63) is 76.2 Å². The molecule has 0 bridgehead atoms. The first-order valence-electron chi connectivity index (χ1n) is 16.9. The number of alkyl halides is 3. The molecule has 1 spiro atoms. The molecule has 4 aromatic rings. The predicted octanol–water partition coefficient (Wildman–Crippen LogP) is 4.93. The van der Waals surface area contributed by atoms with Gasteiger partial charge in [0.15, 0.2) is 5.65 Å². The van der Waals surface area contributed by atoms with Crippen molar-refractivity contribution in [2.45, 2.75) is 76.1 Å². The van der Waals surface area contributed by atoms with Crippen molar-refractivity contribution in [2.75, 3.05) is 38.2 Å². The molecule has 2 aliphatic rings. The number of sulfonamides is 1. The molecule has 0 radical (unpaired) electrons. The summed E-state index contributed by atoms with van der Waals surface area (Å²) in [5.74, 6) is -2.84. The molecular weight excluding hydrogens is 705 g/mol. The van der Waals surface area contributed by atoms with Gasteiger partial charge in [-0.05, 0) is 80.1 Å². The lowest BCUT2D eigenvalue weighted by atomic mass is 9.70. The lowest BCUT2D eigenvalue weighted by molar-refractivity contribution is -0.147. The van der Waals surface area contributed by atoms with Crippen LogP contribution in [0, 0.1) is 19.3 Å². The number of rotatable bonds is 10. The van der Waals surface area contributed by atoms with E-state index in [-0.39, 0.29) is 36.1 Å². The van der Waals surface area contributed by atoms with E-state index in [0.717, 1.165) is 9.96 Å². The van der Waals surface area contributed by atoms with Crippen molar-refractivity contribution in [1.29, 1.82) is 0 Å². The number of nitrogens with one attached hydrogen (secondary N) is 1.